The summed E-state index contributed by atoms with van der Waals surface area (Å²) in [4.78, 5) is 22.6. The standard InChI is InChI=1S/C14H18Br2N2O3/c15-9-14(5-3-1-2-4-6-14)10-17-8-11(16)7-12(13(17)19)18(20)21/h7-8H,1-6,9-10H2. The first-order valence-electron chi connectivity index (χ1n) is 7.08. The van der Waals surface area contributed by atoms with E-state index in [1.165, 1.54) is 23.5 Å². The summed E-state index contributed by atoms with van der Waals surface area (Å²) < 4.78 is 2.06. The van der Waals surface area contributed by atoms with Crippen molar-refractivity contribution in [3.63, 3.8) is 0 Å². The first-order chi connectivity index (χ1) is 9.97. The van der Waals surface area contributed by atoms with Gasteiger partial charge in [-0.15, -0.1) is 0 Å². The Morgan fingerprint density at radius 2 is 1.90 bits per heavy atom. The fourth-order valence-corrected chi connectivity index (χ4v) is 4.21. The van der Waals surface area contributed by atoms with Crippen LogP contribution in [-0.4, -0.2) is 14.8 Å². The topological polar surface area (TPSA) is 65.1 Å². The van der Waals surface area contributed by atoms with Crippen molar-refractivity contribution in [2.45, 2.75) is 45.1 Å². The van der Waals surface area contributed by atoms with Crippen LogP contribution in [0.15, 0.2) is 21.5 Å². The summed E-state index contributed by atoms with van der Waals surface area (Å²) in [7, 11) is 0. The van der Waals surface area contributed by atoms with Gasteiger partial charge in [-0.05, 0) is 34.2 Å². The van der Waals surface area contributed by atoms with Crippen molar-refractivity contribution >= 4 is 37.5 Å². The minimum atomic E-state index is -0.614. The molecule has 5 nitrogen and oxygen atoms in total. The molecular formula is C14H18Br2N2O3. The minimum absolute atomic E-state index is 0.00892. The van der Waals surface area contributed by atoms with Crippen LogP contribution in [0, 0.1) is 15.5 Å². The summed E-state index contributed by atoms with van der Waals surface area (Å²) in [6, 6.07) is 1.27. The van der Waals surface area contributed by atoms with Gasteiger partial charge in [-0.2, -0.15) is 0 Å². The molecule has 116 valence electrons. The van der Waals surface area contributed by atoms with Crippen molar-refractivity contribution in [1.82, 2.24) is 4.57 Å². The molecule has 0 aliphatic heterocycles. The van der Waals surface area contributed by atoms with E-state index in [0.29, 0.717) is 11.0 Å². The van der Waals surface area contributed by atoms with E-state index in [0.717, 1.165) is 31.0 Å². The van der Waals surface area contributed by atoms with E-state index in [4.69, 9.17) is 0 Å². The van der Waals surface area contributed by atoms with Crippen molar-refractivity contribution in [1.29, 1.82) is 0 Å². The lowest BCUT2D eigenvalue weighted by molar-refractivity contribution is -0.386. The van der Waals surface area contributed by atoms with Gasteiger partial charge in [0.1, 0.15) is 0 Å². The Labute approximate surface area is 140 Å². The molecule has 1 aliphatic carbocycles. The molecule has 0 aromatic carbocycles. The minimum Gasteiger partial charge on any atom is -0.308 e. The predicted octanol–water partition coefficient (Wildman–Crippen LogP) is 4.25. The number of pyridine rings is 1. The molecule has 0 bridgehead atoms. The number of hydrogen-bond acceptors (Lipinski definition) is 3. The summed E-state index contributed by atoms with van der Waals surface area (Å²) in [5, 5.41) is 11.8. The molecule has 0 N–H and O–H groups in total. The van der Waals surface area contributed by atoms with E-state index in [-0.39, 0.29) is 11.1 Å². The number of nitro groups is 1. The van der Waals surface area contributed by atoms with Gasteiger partial charge in [-0.3, -0.25) is 14.9 Å². The zero-order valence-electron chi connectivity index (χ0n) is 11.7. The molecule has 1 aromatic rings. The Hall–Kier alpha value is -0.690. The van der Waals surface area contributed by atoms with Gasteiger partial charge in [-0.25, -0.2) is 0 Å². The molecule has 0 spiro atoms. The smallest absolute Gasteiger partial charge is 0.308 e. The molecule has 7 heteroatoms. The molecule has 2 rings (SSSR count). The van der Waals surface area contributed by atoms with Crippen LogP contribution < -0.4 is 5.56 Å². The first-order valence-corrected chi connectivity index (χ1v) is 8.99. The van der Waals surface area contributed by atoms with Gasteiger partial charge >= 0.3 is 11.2 Å². The van der Waals surface area contributed by atoms with Crippen molar-refractivity contribution in [3.8, 4) is 0 Å². The van der Waals surface area contributed by atoms with Gasteiger partial charge in [0.05, 0.1) is 4.92 Å². The summed E-state index contributed by atoms with van der Waals surface area (Å²) in [5.41, 5.74) is -0.884. The van der Waals surface area contributed by atoms with Crippen molar-refractivity contribution < 1.29 is 4.92 Å². The van der Waals surface area contributed by atoms with Crippen LogP contribution in [0.25, 0.3) is 0 Å². The van der Waals surface area contributed by atoms with Gasteiger partial charge in [0, 0.05) is 28.6 Å². The molecule has 1 saturated carbocycles. The molecular weight excluding hydrogens is 404 g/mol. The molecule has 0 saturated heterocycles. The SMILES string of the molecule is O=c1c([N+](=O)[O-])cc(Br)cn1CC1(CBr)CCCCCC1. The molecule has 1 aromatic heterocycles. The highest BCUT2D eigenvalue weighted by atomic mass is 79.9. The van der Waals surface area contributed by atoms with Crippen LogP contribution in [0.1, 0.15) is 38.5 Å². The first kappa shape index (κ1) is 16.7. The van der Waals surface area contributed by atoms with Gasteiger partial charge in [-0.1, -0.05) is 41.6 Å². The number of rotatable bonds is 4. The largest absolute Gasteiger partial charge is 0.335 e. The highest BCUT2D eigenvalue weighted by molar-refractivity contribution is 9.10. The van der Waals surface area contributed by atoms with Gasteiger partial charge in [0.15, 0.2) is 0 Å². The zero-order valence-corrected chi connectivity index (χ0v) is 14.9. The van der Waals surface area contributed by atoms with Gasteiger partial charge in [0.2, 0.25) is 0 Å². The van der Waals surface area contributed by atoms with Gasteiger partial charge < -0.3 is 4.57 Å². The zero-order chi connectivity index (χ0) is 15.5. The molecule has 1 heterocycles. The summed E-state index contributed by atoms with van der Waals surface area (Å²) in [6.07, 6.45) is 8.50. The summed E-state index contributed by atoms with van der Waals surface area (Å²) in [5.74, 6) is 0. The van der Waals surface area contributed by atoms with E-state index in [1.54, 1.807) is 6.20 Å². The third-order valence-electron chi connectivity index (χ3n) is 4.18. The third-order valence-corrected chi connectivity index (χ3v) is 5.81. The number of halogens is 2. The molecule has 0 radical (unpaired) electrons. The van der Waals surface area contributed by atoms with Gasteiger partial charge in [0.25, 0.3) is 0 Å². The Kier molecular flexibility index (Phi) is 5.60. The Bertz CT molecular complexity index is 578. The maximum absolute atomic E-state index is 12.3. The van der Waals surface area contributed by atoms with Crippen LogP contribution in [-0.2, 0) is 6.54 Å². The maximum atomic E-state index is 12.3. The fraction of sp³-hybridized carbons (Fsp3) is 0.643. The number of aromatic nitrogens is 1. The highest BCUT2D eigenvalue weighted by Gasteiger charge is 2.31. The fourth-order valence-electron chi connectivity index (χ4n) is 3.01. The van der Waals surface area contributed by atoms with E-state index < -0.39 is 10.5 Å². The Balaban J connectivity index is 2.37. The second-order valence-electron chi connectivity index (χ2n) is 5.78. The normalized spacial score (nSPS) is 18.2. The molecule has 0 unspecified atom stereocenters. The third kappa shape index (κ3) is 3.94. The predicted molar refractivity (Wildman–Crippen MR) is 89.0 cm³/mol. The molecule has 21 heavy (non-hydrogen) atoms. The van der Waals surface area contributed by atoms with E-state index in [2.05, 4.69) is 31.9 Å². The monoisotopic (exact) mass is 420 g/mol. The average Bonchev–Trinajstić information content (AvgIpc) is 2.68. The Morgan fingerprint density at radius 1 is 1.29 bits per heavy atom. The van der Waals surface area contributed by atoms with Crippen LogP contribution in [0.3, 0.4) is 0 Å². The second-order valence-corrected chi connectivity index (χ2v) is 7.26. The lowest BCUT2D eigenvalue weighted by Crippen LogP contribution is -2.34. The van der Waals surface area contributed by atoms with Crippen molar-refractivity contribution in [2.75, 3.05) is 5.33 Å². The van der Waals surface area contributed by atoms with E-state index in [9.17, 15) is 14.9 Å². The second kappa shape index (κ2) is 7.05. The van der Waals surface area contributed by atoms with Crippen LogP contribution in [0.2, 0.25) is 0 Å². The summed E-state index contributed by atoms with van der Waals surface area (Å²) >= 11 is 6.85. The number of hydrogen-bond donors (Lipinski definition) is 0. The van der Waals surface area contributed by atoms with Crippen LogP contribution in [0.5, 0.6) is 0 Å². The highest BCUT2D eigenvalue weighted by Crippen LogP contribution is 2.38. The quantitative estimate of drug-likeness (QED) is 0.316. The van der Waals surface area contributed by atoms with E-state index >= 15 is 0 Å². The van der Waals surface area contributed by atoms with Crippen molar-refractivity contribution in [3.05, 3.63) is 37.2 Å². The number of nitrogens with zero attached hydrogens (tertiary/aromatic N) is 2. The number of alkyl halides is 1. The van der Waals surface area contributed by atoms with E-state index in [1.807, 2.05) is 0 Å². The average molecular weight is 422 g/mol. The molecule has 0 amide bonds. The molecule has 0 atom stereocenters. The van der Waals surface area contributed by atoms with Crippen LogP contribution >= 0.6 is 31.9 Å². The maximum Gasteiger partial charge on any atom is 0.335 e. The lowest BCUT2D eigenvalue weighted by atomic mass is 9.82. The summed E-state index contributed by atoms with van der Waals surface area (Å²) in [6.45, 7) is 0.525. The van der Waals surface area contributed by atoms with Crippen LogP contribution in [0.4, 0.5) is 5.69 Å². The molecule has 1 aliphatic rings. The molecule has 1 fully saturated rings. The Morgan fingerprint density at radius 3 is 2.43 bits per heavy atom. The lowest BCUT2D eigenvalue weighted by Gasteiger charge is -2.31. The van der Waals surface area contributed by atoms with Crippen molar-refractivity contribution in [2.24, 2.45) is 5.41 Å².